The summed E-state index contributed by atoms with van der Waals surface area (Å²) in [5.74, 6) is 6.66. The third kappa shape index (κ3) is 4.12. The first-order valence-corrected chi connectivity index (χ1v) is 5.18. The number of nitrogens with one attached hydrogen (secondary N) is 1. The van der Waals surface area contributed by atoms with Crippen LogP contribution in [0, 0.1) is 5.92 Å². The van der Waals surface area contributed by atoms with Crippen molar-refractivity contribution in [3.05, 3.63) is 12.3 Å². The van der Waals surface area contributed by atoms with Crippen LogP contribution in [0.25, 0.3) is 0 Å². The van der Waals surface area contributed by atoms with Gasteiger partial charge in [-0.25, -0.2) is 10.8 Å². The Labute approximate surface area is 90.0 Å². The van der Waals surface area contributed by atoms with E-state index in [2.05, 4.69) is 29.2 Å². The molecule has 0 bridgehead atoms. The lowest BCUT2D eigenvalue weighted by Gasteiger charge is -2.11. The molecule has 1 aromatic heterocycles. The van der Waals surface area contributed by atoms with Crippen molar-refractivity contribution in [3.8, 4) is 5.88 Å². The van der Waals surface area contributed by atoms with Gasteiger partial charge in [0.25, 0.3) is 0 Å². The van der Waals surface area contributed by atoms with E-state index in [1.165, 1.54) is 6.42 Å². The Balaban J connectivity index is 2.43. The van der Waals surface area contributed by atoms with Crippen molar-refractivity contribution >= 4 is 5.95 Å². The number of nitrogen functional groups attached to an aromatic ring is 1. The molecule has 0 aliphatic rings. The van der Waals surface area contributed by atoms with Crippen LogP contribution in [0.2, 0.25) is 0 Å². The SMILES string of the molecule is CCCC(C)COc1ccnc(NN)n1. The molecule has 1 atom stereocenters. The lowest BCUT2D eigenvalue weighted by Crippen LogP contribution is -2.12. The summed E-state index contributed by atoms with van der Waals surface area (Å²) in [6.45, 7) is 5.00. The summed E-state index contributed by atoms with van der Waals surface area (Å²) in [6, 6.07) is 1.72. The average molecular weight is 210 g/mol. The molecule has 5 heteroatoms. The summed E-state index contributed by atoms with van der Waals surface area (Å²) >= 11 is 0. The molecule has 0 aliphatic heterocycles. The molecule has 0 aromatic carbocycles. The van der Waals surface area contributed by atoms with Crippen LogP contribution >= 0.6 is 0 Å². The van der Waals surface area contributed by atoms with E-state index in [0.29, 0.717) is 24.4 Å². The molecule has 15 heavy (non-hydrogen) atoms. The minimum atomic E-state index is 0.371. The summed E-state index contributed by atoms with van der Waals surface area (Å²) in [7, 11) is 0. The highest BCUT2D eigenvalue weighted by molar-refractivity contribution is 5.25. The molecule has 84 valence electrons. The predicted octanol–water partition coefficient (Wildman–Crippen LogP) is 1.58. The Hall–Kier alpha value is -1.36. The maximum absolute atomic E-state index is 5.52. The zero-order valence-corrected chi connectivity index (χ0v) is 9.23. The Morgan fingerprint density at radius 3 is 3.07 bits per heavy atom. The van der Waals surface area contributed by atoms with Crippen LogP contribution in [0.1, 0.15) is 26.7 Å². The Kier molecular flexibility index (Phi) is 4.83. The van der Waals surface area contributed by atoms with Crippen LogP contribution in [-0.2, 0) is 0 Å². The van der Waals surface area contributed by atoms with Crippen molar-refractivity contribution in [1.82, 2.24) is 9.97 Å². The number of aromatic nitrogens is 2. The molecular formula is C10H18N4O. The van der Waals surface area contributed by atoms with E-state index in [9.17, 15) is 0 Å². The Bertz CT molecular complexity index is 293. The van der Waals surface area contributed by atoms with Gasteiger partial charge in [0, 0.05) is 12.3 Å². The molecule has 1 aromatic rings. The number of hydrogen-bond acceptors (Lipinski definition) is 5. The summed E-state index contributed by atoms with van der Waals surface area (Å²) in [4.78, 5) is 7.95. The van der Waals surface area contributed by atoms with Crippen LogP contribution in [0.3, 0.4) is 0 Å². The van der Waals surface area contributed by atoms with Crippen molar-refractivity contribution in [3.63, 3.8) is 0 Å². The van der Waals surface area contributed by atoms with Gasteiger partial charge in [-0.2, -0.15) is 4.98 Å². The van der Waals surface area contributed by atoms with E-state index in [4.69, 9.17) is 10.6 Å². The van der Waals surface area contributed by atoms with Gasteiger partial charge in [-0.1, -0.05) is 20.3 Å². The minimum Gasteiger partial charge on any atom is -0.477 e. The fraction of sp³-hybridized carbons (Fsp3) is 0.600. The van der Waals surface area contributed by atoms with Gasteiger partial charge in [0.2, 0.25) is 11.8 Å². The quantitative estimate of drug-likeness (QED) is 0.551. The second-order valence-electron chi connectivity index (χ2n) is 3.57. The van der Waals surface area contributed by atoms with Gasteiger partial charge in [-0.05, 0) is 12.3 Å². The molecule has 0 radical (unpaired) electrons. The van der Waals surface area contributed by atoms with Crippen LogP contribution < -0.4 is 16.0 Å². The first kappa shape index (κ1) is 11.7. The fourth-order valence-corrected chi connectivity index (χ4v) is 1.30. The Morgan fingerprint density at radius 1 is 1.60 bits per heavy atom. The third-order valence-electron chi connectivity index (χ3n) is 2.06. The van der Waals surface area contributed by atoms with Crippen LogP contribution in [0.15, 0.2) is 12.3 Å². The second-order valence-corrected chi connectivity index (χ2v) is 3.57. The topological polar surface area (TPSA) is 73.1 Å². The summed E-state index contributed by atoms with van der Waals surface area (Å²) in [6.07, 6.45) is 3.94. The summed E-state index contributed by atoms with van der Waals surface area (Å²) < 4.78 is 5.52. The van der Waals surface area contributed by atoms with E-state index in [1.807, 2.05) is 0 Å². The molecule has 1 unspecified atom stereocenters. The lowest BCUT2D eigenvalue weighted by molar-refractivity contribution is 0.243. The van der Waals surface area contributed by atoms with Gasteiger partial charge in [0.05, 0.1) is 6.61 Å². The number of hydrazine groups is 1. The molecule has 0 fully saturated rings. The first-order valence-electron chi connectivity index (χ1n) is 5.18. The molecule has 1 heterocycles. The monoisotopic (exact) mass is 210 g/mol. The van der Waals surface area contributed by atoms with E-state index in [0.717, 1.165) is 6.42 Å². The Morgan fingerprint density at radius 2 is 2.40 bits per heavy atom. The predicted molar refractivity (Wildman–Crippen MR) is 59.4 cm³/mol. The standard InChI is InChI=1S/C10H18N4O/c1-3-4-8(2)7-15-9-5-6-12-10(13-9)14-11/h5-6,8H,3-4,7,11H2,1-2H3,(H,12,13,14). The normalized spacial score (nSPS) is 12.2. The highest BCUT2D eigenvalue weighted by atomic mass is 16.5. The third-order valence-corrected chi connectivity index (χ3v) is 2.06. The largest absolute Gasteiger partial charge is 0.477 e. The molecule has 5 nitrogen and oxygen atoms in total. The molecule has 0 saturated carbocycles. The first-order chi connectivity index (χ1) is 7.26. The molecule has 0 saturated heterocycles. The number of anilines is 1. The van der Waals surface area contributed by atoms with Gasteiger partial charge in [0.1, 0.15) is 0 Å². The number of rotatable bonds is 6. The second kappa shape index (κ2) is 6.19. The van der Waals surface area contributed by atoms with E-state index in [-0.39, 0.29) is 0 Å². The number of nitrogens with zero attached hydrogens (tertiary/aromatic N) is 2. The maximum Gasteiger partial charge on any atom is 0.240 e. The van der Waals surface area contributed by atoms with Crippen LogP contribution in [0.4, 0.5) is 5.95 Å². The molecule has 3 N–H and O–H groups in total. The zero-order valence-electron chi connectivity index (χ0n) is 9.23. The zero-order chi connectivity index (χ0) is 11.1. The van der Waals surface area contributed by atoms with Gasteiger partial charge in [-0.15, -0.1) is 0 Å². The number of nitrogens with two attached hydrogens (primary N) is 1. The molecule has 0 spiro atoms. The van der Waals surface area contributed by atoms with Crippen LogP contribution in [-0.4, -0.2) is 16.6 Å². The molecule has 1 rings (SSSR count). The van der Waals surface area contributed by atoms with Gasteiger partial charge in [0.15, 0.2) is 0 Å². The van der Waals surface area contributed by atoms with E-state index >= 15 is 0 Å². The van der Waals surface area contributed by atoms with Crippen molar-refractivity contribution in [1.29, 1.82) is 0 Å². The van der Waals surface area contributed by atoms with Crippen molar-refractivity contribution in [2.45, 2.75) is 26.7 Å². The van der Waals surface area contributed by atoms with Gasteiger partial charge >= 0.3 is 0 Å². The van der Waals surface area contributed by atoms with E-state index in [1.54, 1.807) is 12.3 Å². The molecular weight excluding hydrogens is 192 g/mol. The smallest absolute Gasteiger partial charge is 0.240 e. The van der Waals surface area contributed by atoms with Crippen molar-refractivity contribution in [2.75, 3.05) is 12.0 Å². The van der Waals surface area contributed by atoms with Crippen molar-refractivity contribution in [2.24, 2.45) is 11.8 Å². The number of ether oxygens (including phenoxy) is 1. The number of hydrogen-bond donors (Lipinski definition) is 2. The van der Waals surface area contributed by atoms with Gasteiger partial charge < -0.3 is 4.74 Å². The van der Waals surface area contributed by atoms with Gasteiger partial charge in [-0.3, -0.25) is 5.43 Å². The molecule has 0 amide bonds. The lowest BCUT2D eigenvalue weighted by atomic mass is 10.1. The minimum absolute atomic E-state index is 0.371. The van der Waals surface area contributed by atoms with Crippen molar-refractivity contribution < 1.29 is 4.74 Å². The summed E-state index contributed by atoms with van der Waals surface area (Å²) in [5, 5.41) is 0. The van der Waals surface area contributed by atoms with E-state index < -0.39 is 0 Å². The van der Waals surface area contributed by atoms with Crippen LogP contribution in [0.5, 0.6) is 5.88 Å². The highest BCUT2D eigenvalue weighted by Crippen LogP contribution is 2.11. The average Bonchev–Trinajstić information content (AvgIpc) is 2.27. The highest BCUT2D eigenvalue weighted by Gasteiger charge is 2.03. The summed E-state index contributed by atoms with van der Waals surface area (Å²) in [5.41, 5.74) is 2.38. The molecule has 0 aliphatic carbocycles. The maximum atomic E-state index is 5.52. The fourth-order valence-electron chi connectivity index (χ4n) is 1.30.